The van der Waals surface area contributed by atoms with Crippen LogP contribution in [0.15, 0.2) is 48.5 Å². The first-order valence-electron chi connectivity index (χ1n) is 9.22. The summed E-state index contributed by atoms with van der Waals surface area (Å²) in [5.41, 5.74) is 3.87. The zero-order chi connectivity index (χ0) is 20.5. The molecule has 0 unspecified atom stereocenters. The number of esters is 1. The first kappa shape index (κ1) is 21.2. The van der Waals surface area contributed by atoms with Gasteiger partial charge in [-0.05, 0) is 49.6 Å². The molecule has 2 amide bonds. The molecule has 1 atom stereocenters. The van der Waals surface area contributed by atoms with Gasteiger partial charge >= 0.3 is 5.97 Å². The SMILES string of the molecule is Cc1ccc(NC(=O)CCC(=O)OCC(=O)N[C@@H](C)c2ccccc2)cc1C. The maximum absolute atomic E-state index is 12.0. The molecule has 0 aliphatic carbocycles. The average molecular weight is 382 g/mol. The van der Waals surface area contributed by atoms with Crippen LogP contribution in [0.4, 0.5) is 5.69 Å². The molecule has 0 aromatic heterocycles. The van der Waals surface area contributed by atoms with E-state index in [1.165, 1.54) is 0 Å². The van der Waals surface area contributed by atoms with Gasteiger partial charge in [0.2, 0.25) is 5.91 Å². The maximum Gasteiger partial charge on any atom is 0.306 e. The first-order valence-corrected chi connectivity index (χ1v) is 9.22. The molecule has 2 aromatic rings. The van der Waals surface area contributed by atoms with Crippen molar-refractivity contribution in [2.75, 3.05) is 11.9 Å². The number of aryl methyl sites for hydroxylation is 2. The molecule has 2 N–H and O–H groups in total. The largest absolute Gasteiger partial charge is 0.456 e. The number of hydrogen-bond acceptors (Lipinski definition) is 4. The predicted molar refractivity (Wildman–Crippen MR) is 108 cm³/mol. The van der Waals surface area contributed by atoms with E-state index in [4.69, 9.17) is 4.74 Å². The summed E-state index contributed by atoms with van der Waals surface area (Å²) in [7, 11) is 0. The summed E-state index contributed by atoms with van der Waals surface area (Å²) in [6.07, 6.45) is -0.0913. The molecule has 0 radical (unpaired) electrons. The second-order valence-electron chi connectivity index (χ2n) is 6.71. The van der Waals surface area contributed by atoms with Gasteiger partial charge in [0.1, 0.15) is 0 Å². The number of nitrogens with one attached hydrogen (secondary N) is 2. The van der Waals surface area contributed by atoms with Crippen LogP contribution in [0.25, 0.3) is 0 Å². The summed E-state index contributed by atoms with van der Waals surface area (Å²) >= 11 is 0. The van der Waals surface area contributed by atoms with Gasteiger partial charge in [-0.2, -0.15) is 0 Å². The number of hydrogen-bond donors (Lipinski definition) is 2. The van der Waals surface area contributed by atoms with E-state index in [0.29, 0.717) is 5.69 Å². The van der Waals surface area contributed by atoms with Crippen molar-refractivity contribution in [3.05, 3.63) is 65.2 Å². The second kappa shape index (κ2) is 10.3. The van der Waals surface area contributed by atoms with Crippen LogP contribution >= 0.6 is 0 Å². The molecule has 148 valence electrons. The quantitative estimate of drug-likeness (QED) is 0.685. The topological polar surface area (TPSA) is 84.5 Å². The highest BCUT2D eigenvalue weighted by Crippen LogP contribution is 2.14. The molecule has 2 aromatic carbocycles. The molecule has 0 aliphatic rings. The van der Waals surface area contributed by atoms with Gasteiger partial charge in [-0.3, -0.25) is 14.4 Å². The minimum absolute atomic E-state index is 0.00616. The molecule has 6 heteroatoms. The number of carbonyl (C=O) groups excluding carboxylic acids is 3. The zero-order valence-electron chi connectivity index (χ0n) is 16.5. The highest BCUT2D eigenvalue weighted by Gasteiger charge is 2.13. The smallest absolute Gasteiger partial charge is 0.306 e. The lowest BCUT2D eigenvalue weighted by atomic mass is 10.1. The van der Waals surface area contributed by atoms with Crippen molar-refractivity contribution in [2.24, 2.45) is 0 Å². The monoisotopic (exact) mass is 382 g/mol. The summed E-state index contributed by atoms with van der Waals surface area (Å²) in [4.78, 5) is 35.6. The molecule has 2 rings (SSSR count). The van der Waals surface area contributed by atoms with Gasteiger partial charge in [-0.25, -0.2) is 0 Å². The van der Waals surface area contributed by atoms with Gasteiger partial charge in [0.15, 0.2) is 6.61 Å². The Labute approximate surface area is 165 Å². The highest BCUT2D eigenvalue weighted by atomic mass is 16.5. The third-order valence-electron chi connectivity index (χ3n) is 4.39. The fourth-order valence-electron chi connectivity index (χ4n) is 2.58. The number of ether oxygens (including phenoxy) is 1. The summed E-state index contributed by atoms with van der Waals surface area (Å²) < 4.78 is 4.95. The van der Waals surface area contributed by atoms with E-state index in [1.54, 1.807) is 0 Å². The standard InChI is InChI=1S/C22H26N2O4/c1-15-9-10-19(13-16(15)2)24-20(25)11-12-22(27)28-14-21(26)23-17(3)18-7-5-4-6-8-18/h4-10,13,17H,11-12,14H2,1-3H3,(H,23,26)(H,24,25)/t17-/m0/s1. The van der Waals surface area contributed by atoms with Crippen molar-refractivity contribution in [2.45, 2.75) is 39.7 Å². The molecule has 0 fully saturated rings. The van der Waals surface area contributed by atoms with Crippen LogP contribution in [0.1, 0.15) is 42.5 Å². The van der Waals surface area contributed by atoms with Crippen LogP contribution in [0, 0.1) is 13.8 Å². The normalized spacial score (nSPS) is 11.4. The number of benzene rings is 2. The Morgan fingerprint density at radius 2 is 1.64 bits per heavy atom. The number of amides is 2. The fraction of sp³-hybridized carbons (Fsp3) is 0.318. The molecule has 0 saturated heterocycles. The van der Waals surface area contributed by atoms with Gasteiger partial charge in [0.05, 0.1) is 12.5 Å². The van der Waals surface area contributed by atoms with Crippen molar-refractivity contribution in [1.29, 1.82) is 0 Å². The van der Waals surface area contributed by atoms with E-state index in [1.807, 2.05) is 69.3 Å². The van der Waals surface area contributed by atoms with Crippen molar-refractivity contribution >= 4 is 23.5 Å². The van der Waals surface area contributed by atoms with Gasteiger partial charge < -0.3 is 15.4 Å². The minimum Gasteiger partial charge on any atom is -0.456 e. The van der Waals surface area contributed by atoms with Crippen molar-refractivity contribution in [3.63, 3.8) is 0 Å². The van der Waals surface area contributed by atoms with Crippen LogP contribution in [0.3, 0.4) is 0 Å². The van der Waals surface area contributed by atoms with Gasteiger partial charge in [0.25, 0.3) is 5.91 Å². The van der Waals surface area contributed by atoms with E-state index in [0.717, 1.165) is 16.7 Å². The second-order valence-corrected chi connectivity index (χ2v) is 6.71. The highest BCUT2D eigenvalue weighted by molar-refractivity contribution is 5.92. The summed E-state index contributed by atoms with van der Waals surface area (Å²) in [6.45, 7) is 5.45. The third-order valence-corrected chi connectivity index (χ3v) is 4.39. The first-order chi connectivity index (χ1) is 13.3. The lowest BCUT2D eigenvalue weighted by Crippen LogP contribution is -2.31. The van der Waals surface area contributed by atoms with Crippen molar-refractivity contribution in [3.8, 4) is 0 Å². The molecule has 0 saturated carbocycles. The molecule has 0 bridgehead atoms. The van der Waals surface area contributed by atoms with E-state index in [-0.39, 0.29) is 37.3 Å². The van der Waals surface area contributed by atoms with Crippen molar-refractivity contribution in [1.82, 2.24) is 5.32 Å². The number of rotatable bonds is 8. The Bertz CT molecular complexity index is 834. The third kappa shape index (κ3) is 6.87. The molecule has 0 spiro atoms. The van der Waals surface area contributed by atoms with E-state index < -0.39 is 5.97 Å². The summed E-state index contributed by atoms with van der Waals surface area (Å²) in [5.74, 6) is -1.25. The predicted octanol–water partition coefficient (Wildman–Crippen LogP) is 3.44. The van der Waals surface area contributed by atoms with Gasteiger partial charge in [-0.1, -0.05) is 36.4 Å². The molecule has 6 nitrogen and oxygen atoms in total. The molecule has 28 heavy (non-hydrogen) atoms. The minimum atomic E-state index is -0.585. The Morgan fingerprint density at radius 3 is 2.32 bits per heavy atom. The van der Waals surface area contributed by atoms with Crippen LogP contribution in [0.2, 0.25) is 0 Å². The molecule has 0 heterocycles. The Morgan fingerprint density at radius 1 is 0.929 bits per heavy atom. The van der Waals surface area contributed by atoms with Crippen LogP contribution in [-0.2, 0) is 19.1 Å². The van der Waals surface area contributed by atoms with E-state index >= 15 is 0 Å². The van der Waals surface area contributed by atoms with Crippen LogP contribution in [-0.4, -0.2) is 24.4 Å². The van der Waals surface area contributed by atoms with E-state index in [9.17, 15) is 14.4 Å². The van der Waals surface area contributed by atoms with Crippen molar-refractivity contribution < 1.29 is 19.1 Å². The molecular formula is C22H26N2O4. The zero-order valence-corrected chi connectivity index (χ0v) is 16.5. The number of carbonyl (C=O) groups is 3. The Balaban J connectivity index is 1.68. The Hall–Kier alpha value is -3.15. The van der Waals surface area contributed by atoms with Gasteiger partial charge in [0, 0.05) is 12.1 Å². The lowest BCUT2D eigenvalue weighted by molar-refractivity contribution is -0.149. The van der Waals surface area contributed by atoms with Gasteiger partial charge in [-0.15, -0.1) is 0 Å². The number of anilines is 1. The Kier molecular flexibility index (Phi) is 7.75. The fourth-order valence-corrected chi connectivity index (χ4v) is 2.58. The maximum atomic E-state index is 12.0. The summed E-state index contributed by atoms with van der Waals surface area (Å²) in [6, 6.07) is 14.9. The summed E-state index contributed by atoms with van der Waals surface area (Å²) in [5, 5.41) is 5.51. The lowest BCUT2D eigenvalue weighted by Gasteiger charge is -2.14. The molecular weight excluding hydrogens is 356 g/mol. The van der Waals surface area contributed by atoms with Crippen LogP contribution in [0.5, 0.6) is 0 Å². The average Bonchev–Trinajstić information content (AvgIpc) is 2.68. The molecule has 0 aliphatic heterocycles. The van der Waals surface area contributed by atoms with Crippen LogP contribution < -0.4 is 10.6 Å². The van der Waals surface area contributed by atoms with E-state index in [2.05, 4.69) is 10.6 Å².